The molecule has 0 aliphatic carbocycles. The number of carbonyl (C=O) groups excluding carboxylic acids is 1. The van der Waals surface area contributed by atoms with Crippen molar-refractivity contribution in [3.05, 3.63) is 40.9 Å². The standard InChI is InChI=1S/C10H9N3O3/c11-8(14)6-13-9(12-16-10(13)15)7-4-2-1-3-5-7/h1-5H,6H2,(H2,11,14). The number of primary amides is 1. The molecule has 2 N–H and O–H groups in total. The average molecular weight is 219 g/mol. The van der Waals surface area contributed by atoms with Crippen molar-refractivity contribution in [2.45, 2.75) is 6.54 Å². The summed E-state index contributed by atoms with van der Waals surface area (Å²) < 4.78 is 5.60. The van der Waals surface area contributed by atoms with Crippen LogP contribution in [0.4, 0.5) is 0 Å². The molecule has 0 aliphatic heterocycles. The Labute approximate surface area is 90.3 Å². The van der Waals surface area contributed by atoms with Gasteiger partial charge in [-0.3, -0.25) is 9.32 Å². The van der Waals surface area contributed by atoms with Crippen LogP contribution < -0.4 is 11.5 Å². The Kier molecular flexibility index (Phi) is 2.55. The van der Waals surface area contributed by atoms with Crippen LogP contribution >= 0.6 is 0 Å². The molecule has 1 aromatic carbocycles. The summed E-state index contributed by atoms with van der Waals surface area (Å²) in [6, 6.07) is 8.94. The molecule has 6 nitrogen and oxygen atoms in total. The first-order valence-corrected chi connectivity index (χ1v) is 4.58. The van der Waals surface area contributed by atoms with Gasteiger partial charge in [0.05, 0.1) is 0 Å². The fourth-order valence-electron chi connectivity index (χ4n) is 1.36. The lowest BCUT2D eigenvalue weighted by Crippen LogP contribution is -2.25. The van der Waals surface area contributed by atoms with E-state index in [2.05, 4.69) is 9.68 Å². The topological polar surface area (TPSA) is 91.1 Å². The van der Waals surface area contributed by atoms with Crippen molar-refractivity contribution in [1.82, 2.24) is 9.72 Å². The van der Waals surface area contributed by atoms with E-state index in [4.69, 9.17) is 5.73 Å². The van der Waals surface area contributed by atoms with Crippen LogP contribution in [0.2, 0.25) is 0 Å². The summed E-state index contributed by atoms with van der Waals surface area (Å²) in [5.74, 6) is -1.02. The molecule has 6 heteroatoms. The van der Waals surface area contributed by atoms with Gasteiger partial charge in [0.15, 0.2) is 5.82 Å². The van der Waals surface area contributed by atoms with E-state index in [9.17, 15) is 9.59 Å². The van der Waals surface area contributed by atoms with Crippen molar-refractivity contribution in [3.63, 3.8) is 0 Å². The van der Waals surface area contributed by atoms with E-state index in [1.165, 1.54) is 0 Å². The summed E-state index contributed by atoms with van der Waals surface area (Å²) in [7, 11) is 0. The average Bonchev–Trinajstić information content (AvgIpc) is 2.61. The van der Waals surface area contributed by atoms with Gasteiger partial charge in [0.1, 0.15) is 6.54 Å². The predicted molar refractivity (Wildman–Crippen MR) is 55.4 cm³/mol. The Hall–Kier alpha value is -2.37. The zero-order chi connectivity index (χ0) is 11.5. The zero-order valence-electron chi connectivity index (χ0n) is 8.29. The predicted octanol–water partition coefficient (Wildman–Crippen LogP) is -0.0114. The van der Waals surface area contributed by atoms with E-state index in [0.29, 0.717) is 11.4 Å². The maximum atomic E-state index is 11.3. The van der Waals surface area contributed by atoms with Crippen LogP contribution in [0.5, 0.6) is 0 Å². The second kappa shape index (κ2) is 4.01. The zero-order valence-corrected chi connectivity index (χ0v) is 8.29. The minimum atomic E-state index is -0.697. The van der Waals surface area contributed by atoms with Crippen LogP contribution in [-0.4, -0.2) is 15.6 Å². The number of aromatic nitrogens is 2. The molecule has 0 aliphatic rings. The lowest BCUT2D eigenvalue weighted by atomic mass is 10.2. The van der Waals surface area contributed by atoms with Crippen LogP contribution in [-0.2, 0) is 11.3 Å². The summed E-state index contributed by atoms with van der Waals surface area (Å²) in [5, 5.41) is 3.61. The van der Waals surface area contributed by atoms with Crippen LogP contribution in [0.3, 0.4) is 0 Å². The molecule has 0 fully saturated rings. The van der Waals surface area contributed by atoms with E-state index in [0.717, 1.165) is 4.57 Å². The largest absolute Gasteiger partial charge is 0.442 e. The third-order valence-electron chi connectivity index (χ3n) is 2.03. The van der Waals surface area contributed by atoms with Crippen LogP contribution in [0.15, 0.2) is 39.6 Å². The minimum absolute atomic E-state index is 0.243. The van der Waals surface area contributed by atoms with Crippen LogP contribution in [0, 0.1) is 0 Å². The molecule has 82 valence electrons. The second-order valence-electron chi connectivity index (χ2n) is 3.19. The molecule has 0 radical (unpaired) electrons. The van der Waals surface area contributed by atoms with Crippen molar-refractivity contribution in [3.8, 4) is 11.4 Å². The molecule has 0 unspecified atom stereocenters. The second-order valence-corrected chi connectivity index (χ2v) is 3.19. The van der Waals surface area contributed by atoms with Crippen LogP contribution in [0.25, 0.3) is 11.4 Å². The SMILES string of the molecule is NC(=O)Cn1c(-c2ccccc2)noc1=O. The fourth-order valence-corrected chi connectivity index (χ4v) is 1.36. The van der Waals surface area contributed by atoms with Crippen molar-refractivity contribution in [2.24, 2.45) is 5.73 Å². The highest BCUT2D eigenvalue weighted by molar-refractivity contribution is 5.74. The molecule has 1 amide bonds. The molecule has 16 heavy (non-hydrogen) atoms. The highest BCUT2D eigenvalue weighted by Crippen LogP contribution is 2.14. The van der Waals surface area contributed by atoms with Gasteiger partial charge in [-0.15, -0.1) is 0 Å². The number of nitrogens with zero attached hydrogens (tertiary/aromatic N) is 2. The Bertz CT molecular complexity index is 556. The van der Waals surface area contributed by atoms with E-state index in [1.807, 2.05) is 6.07 Å². The third kappa shape index (κ3) is 1.85. The molecule has 0 saturated heterocycles. The summed E-state index contributed by atoms with van der Waals surface area (Å²) in [4.78, 5) is 22.1. The van der Waals surface area contributed by atoms with Gasteiger partial charge < -0.3 is 5.73 Å². The number of hydrogen-bond acceptors (Lipinski definition) is 4. The Morgan fingerprint density at radius 3 is 2.69 bits per heavy atom. The fraction of sp³-hybridized carbons (Fsp3) is 0.100. The van der Waals surface area contributed by atoms with Gasteiger partial charge in [0.25, 0.3) is 0 Å². The highest BCUT2D eigenvalue weighted by Gasteiger charge is 2.13. The van der Waals surface area contributed by atoms with Gasteiger partial charge >= 0.3 is 5.76 Å². The lowest BCUT2D eigenvalue weighted by molar-refractivity contribution is -0.118. The molecule has 0 atom stereocenters. The summed E-state index contributed by atoms with van der Waals surface area (Å²) >= 11 is 0. The normalized spacial score (nSPS) is 10.2. The number of hydrogen-bond donors (Lipinski definition) is 1. The van der Waals surface area contributed by atoms with Gasteiger partial charge in [-0.25, -0.2) is 9.36 Å². The Balaban J connectivity index is 2.50. The number of benzene rings is 1. The van der Waals surface area contributed by atoms with E-state index in [1.54, 1.807) is 24.3 Å². The molecular formula is C10H9N3O3. The highest BCUT2D eigenvalue weighted by atomic mass is 16.5. The van der Waals surface area contributed by atoms with E-state index >= 15 is 0 Å². The van der Waals surface area contributed by atoms with Crippen molar-refractivity contribution >= 4 is 5.91 Å². The smallest absolute Gasteiger partial charge is 0.368 e. The van der Waals surface area contributed by atoms with Gasteiger partial charge in [-0.1, -0.05) is 35.5 Å². The van der Waals surface area contributed by atoms with Crippen molar-refractivity contribution in [2.75, 3.05) is 0 Å². The first-order valence-electron chi connectivity index (χ1n) is 4.58. The first kappa shape index (κ1) is 10.2. The molecule has 0 spiro atoms. The minimum Gasteiger partial charge on any atom is -0.368 e. The number of carbonyl (C=O) groups is 1. The maximum absolute atomic E-state index is 11.3. The lowest BCUT2D eigenvalue weighted by Gasteiger charge is -2.00. The van der Waals surface area contributed by atoms with Gasteiger partial charge in [-0.2, -0.15) is 0 Å². The number of rotatable bonds is 3. The Morgan fingerprint density at radius 1 is 1.38 bits per heavy atom. The molecule has 0 saturated carbocycles. The summed E-state index contributed by atoms with van der Waals surface area (Å²) in [6.45, 7) is -0.243. The van der Waals surface area contributed by atoms with Crippen molar-refractivity contribution < 1.29 is 9.32 Å². The molecule has 2 aromatic rings. The number of nitrogens with two attached hydrogens (primary N) is 1. The molecule has 1 aromatic heterocycles. The molecule has 2 rings (SSSR count). The molecule has 0 bridgehead atoms. The maximum Gasteiger partial charge on any atom is 0.442 e. The van der Waals surface area contributed by atoms with Gasteiger partial charge in [-0.05, 0) is 0 Å². The van der Waals surface area contributed by atoms with Gasteiger partial charge in [0.2, 0.25) is 5.91 Å². The summed E-state index contributed by atoms with van der Waals surface area (Å²) in [5.41, 5.74) is 5.72. The van der Waals surface area contributed by atoms with Crippen molar-refractivity contribution in [1.29, 1.82) is 0 Å². The molecular weight excluding hydrogens is 210 g/mol. The summed E-state index contributed by atoms with van der Waals surface area (Å²) in [6.07, 6.45) is 0. The first-order chi connectivity index (χ1) is 7.68. The Morgan fingerprint density at radius 2 is 2.06 bits per heavy atom. The third-order valence-corrected chi connectivity index (χ3v) is 2.03. The van der Waals surface area contributed by atoms with Gasteiger partial charge in [0, 0.05) is 5.56 Å². The quantitative estimate of drug-likeness (QED) is 0.785. The monoisotopic (exact) mass is 219 g/mol. The molecule has 1 heterocycles. The number of amides is 1. The van der Waals surface area contributed by atoms with E-state index < -0.39 is 11.7 Å². The van der Waals surface area contributed by atoms with E-state index in [-0.39, 0.29) is 6.54 Å². The van der Waals surface area contributed by atoms with Crippen LogP contribution in [0.1, 0.15) is 0 Å².